The molecule has 0 aliphatic rings. The molecule has 0 amide bonds. The van der Waals surface area contributed by atoms with E-state index in [4.69, 9.17) is 4.55 Å². The van der Waals surface area contributed by atoms with Crippen LogP contribution in [0.3, 0.4) is 0 Å². The zero-order valence-corrected chi connectivity index (χ0v) is 12.1. The van der Waals surface area contributed by atoms with Crippen LogP contribution in [0.4, 0.5) is 0 Å². The third kappa shape index (κ3) is 4.06. The standard InChI is InChI=1S/C11H10O4S.Na/c12-16(13,14)15-8-10-6-3-5-9-4-1-2-7-11(9)10;/h1-7H,8H2,(H,12,13,14);/q;+1. The van der Waals surface area contributed by atoms with Crippen LogP contribution < -0.4 is 29.6 Å². The normalized spacial score (nSPS) is 11.1. The molecule has 4 nitrogen and oxygen atoms in total. The summed E-state index contributed by atoms with van der Waals surface area (Å²) < 4.78 is 33.8. The molecule has 84 valence electrons. The molecular formula is C11H10NaO4S+. The van der Waals surface area contributed by atoms with E-state index in [2.05, 4.69) is 4.18 Å². The Hall–Kier alpha value is -0.430. The van der Waals surface area contributed by atoms with Gasteiger partial charge in [0, 0.05) is 0 Å². The van der Waals surface area contributed by atoms with Gasteiger partial charge in [-0.05, 0) is 16.3 Å². The largest absolute Gasteiger partial charge is 1.00 e. The first-order valence-electron chi connectivity index (χ1n) is 4.65. The fourth-order valence-corrected chi connectivity index (χ4v) is 1.83. The third-order valence-electron chi connectivity index (χ3n) is 2.24. The smallest absolute Gasteiger partial charge is 0.264 e. The van der Waals surface area contributed by atoms with Crippen molar-refractivity contribution in [2.75, 3.05) is 0 Å². The van der Waals surface area contributed by atoms with Gasteiger partial charge in [0.05, 0.1) is 6.61 Å². The van der Waals surface area contributed by atoms with Gasteiger partial charge in [0.25, 0.3) is 0 Å². The SMILES string of the molecule is O=S(=O)(O)OCc1cccc2ccccc12.[Na+]. The van der Waals surface area contributed by atoms with Crippen molar-refractivity contribution in [1.82, 2.24) is 0 Å². The summed E-state index contributed by atoms with van der Waals surface area (Å²) in [5, 5.41) is 1.91. The van der Waals surface area contributed by atoms with Crippen LogP contribution in [0.2, 0.25) is 0 Å². The molecule has 0 spiro atoms. The summed E-state index contributed by atoms with van der Waals surface area (Å²) in [6.07, 6.45) is 0. The van der Waals surface area contributed by atoms with E-state index in [-0.39, 0.29) is 36.2 Å². The van der Waals surface area contributed by atoms with Gasteiger partial charge in [0.15, 0.2) is 0 Å². The van der Waals surface area contributed by atoms with Gasteiger partial charge in [-0.1, -0.05) is 42.5 Å². The average molecular weight is 261 g/mol. The van der Waals surface area contributed by atoms with Crippen LogP contribution in [0.1, 0.15) is 5.56 Å². The summed E-state index contributed by atoms with van der Waals surface area (Å²) in [5.74, 6) is 0. The molecule has 0 saturated heterocycles. The molecule has 0 aromatic heterocycles. The maximum absolute atomic E-state index is 10.5. The van der Waals surface area contributed by atoms with Gasteiger partial charge in [-0.3, -0.25) is 4.55 Å². The Balaban J connectivity index is 0.00000144. The summed E-state index contributed by atoms with van der Waals surface area (Å²) >= 11 is 0. The monoisotopic (exact) mass is 261 g/mol. The van der Waals surface area contributed by atoms with E-state index in [1.54, 1.807) is 6.07 Å². The first-order chi connectivity index (χ1) is 7.56. The molecule has 0 saturated carbocycles. The molecule has 0 radical (unpaired) electrons. The van der Waals surface area contributed by atoms with E-state index in [9.17, 15) is 8.42 Å². The van der Waals surface area contributed by atoms with Gasteiger partial charge in [-0.2, -0.15) is 8.42 Å². The summed E-state index contributed by atoms with van der Waals surface area (Å²) in [6.45, 7) is -0.166. The van der Waals surface area contributed by atoms with E-state index < -0.39 is 10.4 Å². The molecule has 6 heteroatoms. The average Bonchev–Trinajstić information content (AvgIpc) is 2.25. The first kappa shape index (κ1) is 14.6. The van der Waals surface area contributed by atoms with Crippen LogP contribution in [-0.2, 0) is 21.2 Å². The van der Waals surface area contributed by atoms with Crippen LogP contribution in [0.5, 0.6) is 0 Å². The van der Waals surface area contributed by atoms with Gasteiger partial charge in [0.1, 0.15) is 0 Å². The van der Waals surface area contributed by atoms with Crippen molar-refractivity contribution in [2.45, 2.75) is 6.61 Å². The summed E-state index contributed by atoms with van der Waals surface area (Å²) in [6, 6.07) is 13.0. The van der Waals surface area contributed by atoms with Gasteiger partial charge in [-0.25, -0.2) is 4.18 Å². The Morgan fingerprint density at radius 2 is 1.71 bits per heavy atom. The van der Waals surface area contributed by atoms with E-state index in [0.29, 0.717) is 0 Å². The van der Waals surface area contributed by atoms with Crippen molar-refractivity contribution in [1.29, 1.82) is 0 Å². The minimum atomic E-state index is -4.39. The van der Waals surface area contributed by atoms with Crippen molar-refractivity contribution in [2.24, 2.45) is 0 Å². The summed E-state index contributed by atoms with van der Waals surface area (Å²) in [5.41, 5.74) is 0.718. The van der Waals surface area contributed by atoms with E-state index in [1.165, 1.54) is 0 Å². The molecule has 2 rings (SSSR count). The molecular weight excluding hydrogens is 251 g/mol. The van der Waals surface area contributed by atoms with Gasteiger partial charge >= 0.3 is 40.0 Å². The number of hydrogen-bond donors (Lipinski definition) is 1. The molecule has 0 aliphatic heterocycles. The van der Waals surface area contributed by atoms with Gasteiger partial charge in [-0.15, -0.1) is 0 Å². The maximum Gasteiger partial charge on any atom is 1.00 e. The molecule has 0 atom stereocenters. The Kier molecular flexibility index (Phi) is 5.12. The minimum Gasteiger partial charge on any atom is -0.264 e. The first-order valence-corrected chi connectivity index (χ1v) is 6.01. The van der Waals surface area contributed by atoms with Crippen LogP contribution >= 0.6 is 0 Å². The Labute approximate surface area is 122 Å². The fraction of sp³-hybridized carbons (Fsp3) is 0.0909. The summed E-state index contributed by atoms with van der Waals surface area (Å²) in [7, 11) is -4.39. The van der Waals surface area contributed by atoms with Gasteiger partial charge < -0.3 is 0 Å². The molecule has 17 heavy (non-hydrogen) atoms. The Bertz CT molecular complexity index is 604. The van der Waals surface area contributed by atoms with Crippen LogP contribution in [0, 0.1) is 0 Å². The second kappa shape index (κ2) is 5.95. The molecule has 0 unspecified atom stereocenters. The second-order valence-corrected chi connectivity index (χ2v) is 4.42. The molecule has 1 N–H and O–H groups in total. The van der Waals surface area contributed by atoms with E-state index in [0.717, 1.165) is 16.3 Å². The predicted octanol–water partition coefficient (Wildman–Crippen LogP) is -0.837. The van der Waals surface area contributed by atoms with E-state index >= 15 is 0 Å². The van der Waals surface area contributed by atoms with Crippen molar-refractivity contribution in [3.63, 3.8) is 0 Å². The zero-order chi connectivity index (χ0) is 11.6. The van der Waals surface area contributed by atoms with Crippen molar-refractivity contribution in [3.8, 4) is 0 Å². The number of benzene rings is 2. The topological polar surface area (TPSA) is 63.6 Å². The van der Waals surface area contributed by atoms with Crippen LogP contribution in [0.25, 0.3) is 10.8 Å². The molecule has 2 aromatic rings. The van der Waals surface area contributed by atoms with Crippen LogP contribution in [-0.4, -0.2) is 13.0 Å². The van der Waals surface area contributed by atoms with Crippen molar-refractivity contribution in [3.05, 3.63) is 48.0 Å². The molecule has 0 bridgehead atoms. The van der Waals surface area contributed by atoms with Crippen molar-refractivity contribution < 1.29 is 46.7 Å². The van der Waals surface area contributed by atoms with E-state index in [1.807, 2.05) is 36.4 Å². The number of hydrogen-bond acceptors (Lipinski definition) is 3. The maximum atomic E-state index is 10.5. The fourth-order valence-electron chi connectivity index (χ4n) is 1.56. The minimum absolute atomic E-state index is 0. The third-order valence-corrected chi connectivity index (χ3v) is 2.66. The van der Waals surface area contributed by atoms with Crippen LogP contribution in [0.15, 0.2) is 42.5 Å². The van der Waals surface area contributed by atoms with Gasteiger partial charge in [0.2, 0.25) is 0 Å². The zero-order valence-electron chi connectivity index (χ0n) is 9.33. The number of rotatable bonds is 3. The molecule has 0 aliphatic carbocycles. The summed E-state index contributed by atoms with van der Waals surface area (Å²) in [4.78, 5) is 0. The molecule has 0 heterocycles. The Morgan fingerprint density at radius 1 is 1.06 bits per heavy atom. The molecule has 0 fully saturated rings. The second-order valence-electron chi connectivity index (χ2n) is 3.33. The van der Waals surface area contributed by atoms with Crippen molar-refractivity contribution >= 4 is 21.2 Å². The predicted molar refractivity (Wildman–Crippen MR) is 60.3 cm³/mol. The quantitative estimate of drug-likeness (QED) is 0.578. The molecule has 2 aromatic carbocycles. The number of fused-ring (bicyclic) bond motifs is 1. The Morgan fingerprint density at radius 3 is 2.41 bits per heavy atom.